The van der Waals surface area contributed by atoms with Gasteiger partial charge >= 0.3 is 0 Å². The molecule has 2 heterocycles. The normalized spacial score (nSPS) is 18.6. The summed E-state index contributed by atoms with van der Waals surface area (Å²) in [6, 6.07) is 7.69. The fourth-order valence-corrected chi connectivity index (χ4v) is 5.24. The van der Waals surface area contributed by atoms with E-state index < -0.39 is 0 Å². The second-order valence-corrected chi connectivity index (χ2v) is 8.80. The molecule has 2 amide bonds. The average molecular weight is 399 g/mol. The van der Waals surface area contributed by atoms with Gasteiger partial charge in [0.2, 0.25) is 5.91 Å². The van der Waals surface area contributed by atoms with Crippen LogP contribution in [-0.4, -0.2) is 36.9 Å². The lowest BCUT2D eigenvalue weighted by Gasteiger charge is -2.22. The van der Waals surface area contributed by atoms with Crippen LogP contribution in [0.1, 0.15) is 44.9 Å². The molecule has 4 rings (SSSR count). The van der Waals surface area contributed by atoms with Crippen molar-refractivity contribution in [2.45, 2.75) is 39.0 Å². The number of benzene rings is 1. The molecule has 0 radical (unpaired) electrons. The van der Waals surface area contributed by atoms with Crippen molar-refractivity contribution in [3.8, 4) is 5.75 Å². The molecule has 1 aliphatic carbocycles. The summed E-state index contributed by atoms with van der Waals surface area (Å²) < 4.78 is 5.23. The van der Waals surface area contributed by atoms with Crippen molar-refractivity contribution in [3.05, 3.63) is 45.1 Å². The average Bonchev–Trinajstić information content (AvgIpc) is 3.38. The Labute approximate surface area is 169 Å². The number of aryl methyl sites for hydroxylation is 2. The fourth-order valence-electron chi connectivity index (χ4n) is 4.07. The van der Waals surface area contributed by atoms with Crippen molar-refractivity contribution in [1.29, 1.82) is 0 Å². The summed E-state index contributed by atoms with van der Waals surface area (Å²) in [7, 11) is 1.64. The number of nitrogens with zero attached hydrogens (tertiary/aromatic N) is 1. The molecule has 1 aliphatic heterocycles. The summed E-state index contributed by atoms with van der Waals surface area (Å²) >= 11 is 1.62. The molecule has 1 aromatic heterocycles. The minimum Gasteiger partial charge on any atom is -0.497 e. The van der Waals surface area contributed by atoms with Crippen molar-refractivity contribution >= 4 is 28.8 Å². The van der Waals surface area contributed by atoms with Crippen molar-refractivity contribution in [1.82, 2.24) is 4.90 Å². The molecule has 5 nitrogen and oxygen atoms in total. The van der Waals surface area contributed by atoms with Crippen LogP contribution in [0.5, 0.6) is 5.75 Å². The first-order valence-electron chi connectivity index (χ1n) is 9.91. The van der Waals surface area contributed by atoms with Crippen LogP contribution in [0.4, 0.5) is 5.69 Å². The smallest absolute Gasteiger partial charge is 0.263 e. The molecule has 148 valence electrons. The van der Waals surface area contributed by atoms with Gasteiger partial charge in [0.15, 0.2) is 0 Å². The van der Waals surface area contributed by atoms with E-state index in [1.54, 1.807) is 18.4 Å². The topological polar surface area (TPSA) is 58.6 Å². The molecule has 1 saturated heterocycles. The van der Waals surface area contributed by atoms with Crippen molar-refractivity contribution in [3.63, 3.8) is 0 Å². The molecular weight excluding hydrogens is 372 g/mol. The first-order valence-corrected chi connectivity index (χ1v) is 10.7. The Kier molecular flexibility index (Phi) is 5.40. The Morgan fingerprint density at radius 3 is 2.71 bits per heavy atom. The number of thiophene rings is 1. The predicted octanol–water partition coefficient (Wildman–Crippen LogP) is 4.04. The van der Waals surface area contributed by atoms with E-state index in [0.29, 0.717) is 6.42 Å². The Bertz CT molecular complexity index is 899. The molecule has 0 spiro atoms. The van der Waals surface area contributed by atoms with E-state index in [4.69, 9.17) is 4.74 Å². The number of hydrogen-bond donors (Lipinski definition) is 1. The molecule has 1 fully saturated rings. The first kappa shape index (κ1) is 19.0. The first-order chi connectivity index (χ1) is 13.5. The van der Waals surface area contributed by atoms with Gasteiger partial charge in [0.25, 0.3) is 5.91 Å². The van der Waals surface area contributed by atoms with Gasteiger partial charge in [-0.3, -0.25) is 9.59 Å². The van der Waals surface area contributed by atoms with Crippen LogP contribution in [0.25, 0.3) is 0 Å². The van der Waals surface area contributed by atoms with Gasteiger partial charge in [-0.25, -0.2) is 0 Å². The van der Waals surface area contributed by atoms with Gasteiger partial charge in [-0.1, -0.05) is 0 Å². The van der Waals surface area contributed by atoms with E-state index in [1.807, 2.05) is 36.1 Å². The largest absolute Gasteiger partial charge is 0.497 e. The van der Waals surface area contributed by atoms with Crippen LogP contribution in [0.15, 0.2) is 24.3 Å². The van der Waals surface area contributed by atoms with Gasteiger partial charge in [0.05, 0.1) is 12.0 Å². The molecule has 0 bridgehead atoms. The SMILES string of the molecule is COc1ccc(NC(=O)C2CCc3sc(C(=O)N4CCCC4)cc3C2)c(C)c1. The van der Waals surface area contributed by atoms with Crippen molar-refractivity contribution in [2.75, 3.05) is 25.5 Å². The lowest BCUT2D eigenvalue weighted by Crippen LogP contribution is -2.28. The number of fused-ring (bicyclic) bond motifs is 1. The maximum atomic E-state index is 12.8. The second-order valence-electron chi connectivity index (χ2n) is 7.67. The van der Waals surface area contributed by atoms with E-state index in [2.05, 4.69) is 5.32 Å². The number of hydrogen-bond acceptors (Lipinski definition) is 4. The van der Waals surface area contributed by atoms with Gasteiger partial charge in [0, 0.05) is 29.6 Å². The van der Waals surface area contributed by atoms with E-state index in [9.17, 15) is 9.59 Å². The molecule has 2 aliphatic rings. The summed E-state index contributed by atoms with van der Waals surface area (Å²) in [6.45, 7) is 3.70. The highest BCUT2D eigenvalue weighted by atomic mass is 32.1. The van der Waals surface area contributed by atoms with Crippen molar-refractivity contribution < 1.29 is 14.3 Å². The molecule has 6 heteroatoms. The van der Waals surface area contributed by atoms with Gasteiger partial charge in [-0.2, -0.15) is 0 Å². The zero-order chi connectivity index (χ0) is 19.7. The van der Waals surface area contributed by atoms with Crippen LogP contribution in [0.2, 0.25) is 0 Å². The summed E-state index contributed by atoms with van der Waals surface area (Å²) in [5.41, 5.74) is 2.98. The molecule has 1 aromatic carbocycles. The number of carbonyl (C=O) groups is 2. The second kappa shape index (κ2) is 7.95. The summed E-state index contributed by atoms with van der Waals surface area (Å²) in [5, 5.41) is 3.07. The maximum Gasteiger partial charge on any atom is 0.263 e. The van der Waals surface area contributed by atoms with E-state index in [0.717, 1.165) is 60.7 Å². The number of anilines is 1. The highest BCUT2D eigenvalue weighted by Crippen LogP contribution is 2.34. The van der Waals surface area contributed by atoms with E-state index in [1.165, 1.54) is 10.4 Å². The molecule has 2 aromatic rings. The number of methoxy groups -OCH3 is 1. The van der Waals surface area contributed by atoms with E-state index in [-0.39, 0.29) is 17.7 Å². The number of likely N-dealkylation sites (tertiary alicyclic amines) is 1. The molecule has 28 heavy (non-hydrogen) atoms. The zero-order valence-electron chi connectivity index (χ0n) is 16.4. The van der Waals surface area contributed by atoms with Crippen molar-refractivity contribution in [2.24, 2.45) is 5.92 Å². The third-order valence-corrected chi connectivity index (χ3v) is 6.97. The molecular formula is C22H26N2O3S. The van der Waals surface area contributed by atoms with Crippen LogP contribution in [0.3, 0.4) is 0 Å². The molecule has 1 unspecified atom stereocenters. The van der Waals surface area contributed by atoms with Gasteiger partial charge in [-0.15, -0.1) is 11.3 Å². The highest BCUT2D eigenvalue weighted by molar-refractivity contribution is 7.14. The quantitative estimate of drug-likeness (QED) is 0.845. The zero-order valence-corrected chi connectivity index (χ0v) is 17.2. The van der Waals surface area contributed by atoms with Gasteiger partial charge in [0.1, 0.15) is 5.75 Å². The third kappa shape index (κ3) is 3.78. The Hall–Kier alpha value is -2.34. The highest BCUT2D eigenvalue weighted by Gasteiger charge is 2.29. The number of nitrogens with one attached hydrogen (secondary N) is 1. The number of carbonyl (C=O) groups excluding carboxylic acids is 2. The van der Waals surface area contributed by atoms with E-state index >= 15 is 0 Å². The maximum absolute atomic E-state index is 12.8. The number of amides is 2. The summed E-state index contributed by atoms with van der Waals surface area (Å²) in [4.78, 5) is 29.5. The summed E-state index contributed by atoms with van der Waals surface area (Å²) in [5.74, 6) is 0.939. The Morgan fingerprint density at radius 2 is 2.00 bits per heavy atom. The van der Waals surface area contributed by atoms with Gasteiger partial charge in [-0.05, 0) is 74.4 Å². The number of ether oxygens (including phenoxy) is 1. The number of rotatable bonds is 4. The minimum atomic E-state index is -0.0571. The summed E-state index contributed by atoms with van der Waals surface area (Å²) in [6.07, 6.45) is 4.60. The van der Waals surface area contributed by atoms with Gasteiger partial charge < -0.3 is 15.0 Å². The molecule has 1 atom stereocenters. The van der Waals surface area contributed by atoms with Crippen LogP contribution in [0, 0.1) is 12.8 Å². The lowest BCUT2D eigenvalue weighted by atomic mass is 9.87. The molecule has 1 N–H and O–H groups in total. The lowest BCUT2D eigenvalue weighted by molar-refractivity contribution is -0.120. The standard InChI is InChI=1S/C22H26N2O3S/c1-14-11-17(27-2)6-7-18(14)23-21(25)15-5-8-19-16(12-15)13-20(28-19)22(26)24-9-3-4-10-24/h6-7,11,13,15H,3-5,8-10,12H2,1-2H3,(H,23,25). The minimum absolute atomic E-state index is 0.0533. The Balaban J connectivity index is 1.43. The third-order valence-electron chi connectivity index (χ3n) is 5.75. The van der Waals surface area contributed by atoms with Crippen LogP contribution < -0.4 is 10.1 Å². The molecule has 0 saturated carbocycles. The Morgan fingerprint density at radius 1 is 1.21 bits per heavy atom. The monoisotopic (exact) mass is 398 g/mol. The van der Waals surface area contributed by atoms with Crippen LogP contribution in [-0.2, 0) is 17.6 Å². The predicted molar refractivity (Wildman–Crippen MR) is 111 cm³/mol. The van der Waals surface area contributed by atoms with Crippen LogP contribution >= 0.6 is 11.3 Å². The fraction of sp³-hybridized carbons (Fsp3) is 0.455.